The smallest absolute Gasteiger partial charge is 0.341 e. The Morgan fingerprint density at radius 3 is 1.69 bits per heavy atom. The number of hydrogen-bond donors (Lipinski definition) is 2. The molecule has 3 aliphatic carbocycles. The molecule has 0 saturated heterocycles. The summed E-state index contributed by atoms with van der Waals surface area (Å²) in [6.07, 6.45) is 11.6. The first-order chi connectivity index (χ1) is 22.2. The Labute approximate surface area is 289 Å². The van der Waals surface area contributed by atoms with Gasteiger partial charge in [-0.05, 0) is 106 Å². The Morgan fingerprint density at radius 1 is 0.771 bits per heavy atom. The average molecular weight is 667 g/mol. The largest absolute Gasteiger partial charge is 0.511 e. The third-order valence-corrected chi connectivity index (χ3v) is 9.37. The standard InChI is InChI=1S/C40H62N2O6/c1-12-47-35(45)31(33(43)37(3,4)5)26-16-14-18-28(20-26)41-25-40(11)23-30(22-39(9,10)24-40)42-29-19-15-17-27(21-29)32(36(46)48-13-2)34(44)38(6,7)8/h20-21,30,43-44H,12-19,22-25H2,1-11H3/b33-31+,34-32+,41-28?,42-29?. The molecule has 0 amide bonds. The van der Waals surface area contributed by atoms with Gasteiger partial charge in [0.15, 0.2) is 0 Å². The van der Waals surface area contributed by atoms with Gasteiger partial charge in [-0.2, -0.15) is 0 Å². The second kappa shape index (κ2) is 15.6. The van der Waals surface area contributed by atoms with E-state index in [4.69, 9.17) is 19.5 Å². The molecule has 2 unspecified atom stereocenters. The van der Waals surface area contributed by atoms with Crippen molar-refractivity contribution in [3.05, 3.63) is 46.0 Å². The van der Waals surface area contributed by atoms with Gasteiger partial charge in [-0.3, -0.25) is 9.98 Å². The zero-order valence-electron chi connectivity index (χ0n) is 31.6. The highest BCUT2D eigenvalue weighted by molar-refractivity contribution is 6.02. The summed E-state index contributed by atoms with van der Waals surface area (Å²) in [4.78, 5) is 36.4. The molecule has 2 atom stereocenters. The molecule has 3 aliphatic rings. The number of carbonyl (C=O) groups is 2. The van der Waals surface area contributed by atoms with Crippen molar-refractivity contribution in [1.29, 1.82) is 0 Å². The van der Waals surface area contributed by atoms with Crippen molar-refractivity contribution >= 4 is 23.4 Å². The van der Waals surface area contributed by atoms with E-state index in [-0.39, 0.29) is 52.8 Å². The second-order valence-electron chi connectivity index (χ2n) is 17.1. The minimum absolute atomic E-state index is 0.0507. The molecule has 3 rings (SSSR count). The average Bonchev–Trinajstić information content (AvgIpc) is 2.95. The van der Waals surface area contributed by atoms with E-state index in [1.165, 1.54) is 0 Å². The molecular formula is C40H62N2O6. The van der Waals surface area contributed by atoms with Crippen LogP contribution in [0.3, 0.4) is 0 Å². The summed E-state index contributed by atoms with van der Waals surface area (Å²) in [6, 6.07) is 0.107. The maximum atomic E-state index is 13.0. The molecule has 268 valence electrons. The molecule has 0 spiro atoms. The number of nitrogens with zero attached hydrogens (tertiary/aromatic N) is 2. The summed E-state index contributed by atoms with van der Waals surface area (Å²) in [5.74, 6) is -0.868. The third-order valence-electron chi connectivity index (χ3n) is 9.37. The third kappa shape index (κ3) is 10.4. The van der Waals surface area contributed by atoms with Crippen LogP contribution in [0.15, 0.2) is 55.9 Å². The first-order valence-corrected chi connectivity index (χ1v) is 17.9. The van der Waals surface area contributed by atoms with E-state index < -0.39 is 22.8 Å². The van der Waals surface area contributed by atoms with Gasteiger partial charge >= 0.3 is 11.9 Å². The predicted octanol–water partition coefficient (Wildman–Crippen LogP) is 9.52. The normalized spacial score (nSPS) is 26.3. The summed E-state index contributed by atoms with van der Waals surface area (Å²) in [7, 11) is 0. The monoisotopic (exact) mass is 666 g/mol. The lowest BCUT2D eigenvalue weighted by Crippen LogP contribution is -2.40. The Balaban J connectivity index is 1.92. The van der Waals surface area contributed by atoms with Crippen molar-refractivity contribution in [2.45, 2.75) is 140 Å². The summed E-state index contributed by atoms with van der Waals surface area (Å²) in [6.45, 7) is 22.9. The Hall–Kier alpha value is -3.16. The minimum Gasteiger partial charge on any atom is -0.511 e. The number of aliphatic imine (C=N–C) groups is 2. The highest BCUT2D eigenvalue weighted by Crippen LogP contribution is 2.48. The lowest BCUT2D eigenvalue weighted by Gasteiger charge is -2.45. The molecule has 0 aromatic rings. The van der Waals surface area contributed by atoms with E-state index in [1.807, 2.05) is 53.7 Å². The SMILES string of the molecule is CCOC(=O)/C(C1=CC(=NCC2(C)CC(N=C3C=C(/C(C(=O)OCC)=C(\O)C(C)(C)C)CCC3)CC(C)(C)C2)CCC1)=C(/O)C(C)(C)C. The number of aliphatic hydroxyl groups is 2. The lowest BCUT2D eigenvalue weighted by atomic mass is 9.62. The van der Waals surface area contributed by atoms with Crippen LogP contribution in [0.4, 0.5) is 0 Å². The van der Waals surface area contributed by atoms with Crippen LogP contribution in [0, 0.1) is 21.7 Å². The lowest BCUT2D eigenvalue weighted by molar-refractivity contribution is -0.139. The number of rotatable bonds is 9. The van der Waals surface area contributed by atoms with Gasteiger partial charge < -0.3 is 19.7 Å². The van der Waals surface area contributed by atoms with Crippen molar-refractivity contribution in [3.8, 4) is 0 Å². The number of esters is 2. The molecule has 2 N–H and O–H groups in total. The molecule has 8 heteroatoms. The Bertz CT molecular complexity index is 1410. The van der Waals surface area contributed by atoms with Crippen molar-refractivity contribution in [2.75, 3.05) is 19.8 Å². The molecule has 1 saturated carbocycles. The van der Waals surface area contributed by atoms with Gasteiger partial charge in [-0.1, -0.05) is 62.3 Å². The van der Waals surface area contributed by atoms with Gasteiger partial charge in [-0.15, -0.1) is 0 Å². The first kappa shape index (κ1) is 39.3. The molecule has 1 fully saturated rings. The van der Waals surface area contributed by atoms with Crippen LogP contribution in [0.25, 0.3) is 0 Å². The maximum Gasteiger partial charge on any atom is 0.341 e. The van der Waals surface area contributed by atoms with Crippen molar-refractivity contribution in [2.24, 2.45) is 31.6 Å². The molecule has 8 nitrogen and oxygen atoms in total. The van der Waals surface area contributed by atoms with E-state index in [0.29, 0.717) is 19.4 Å². The zero-order valence-corrected chi connectivity index (χ0v) is 31.6. The number of ether oxygens (including phenoxy) is 2. The van der Waals surface area contributed by atoms with Gasteiger partial charge in [0.1, 0.15) is 22.7 Å². The molecule has 0 aliphatic heterocycles. The van der Waals surface area contributed by atoms with Crippen LogP contribution in [0.5, 0.6) is 0 Å². The van der Waals surface area contributed by atoms with Crippen LogP contribution >= 0.6 is 0 Å². The minimum atomic E-state index is -0.591. The Kier molecular flexibility index (Phi) is 12.8. The number of aliphatic hydroxyl groups excluding tert-OH is 2. The van der Waals surface area contributed by atoms with Gasteiger partial charge in [0.25, 0.3) is 0 Å². The van der Waals surface area contributed by atoms with E-state index in [0.717, 1.165) is 67.5 Å². The van der Waals surface area contributed by atoms with E-state index in [9.17, 15) is 19.8 Å². The molecule has 48 heavy (non-hydrogen) atoms. The van der Waals surface area contributed by atoms with Crippen LogP contribution in [0.2, 0.25) is 0 Å². The van der Waals surface area contributed by atoms with Crippen molar-refractivity contribution in [1.82, 2.24) is 0 Å². The van der Waals surface area contributed by atoms with Gasteiger partial charge in [0.2, 0.25) is 0 Å². The molecule has 0 aromatic carbocycles. The van der Waals surface area contributed by atoms with Crippen molar-refractivity contribution < 1.29 is 29.3 Å². The van der Waals surface area contributed by atoms with E-state index >= 15 is 0 Å². The molecule has 0 heterocycles. The maximum absolute atomic E-state index is 13.0. The highest BCUT2D eigenvalue weighted by Gasteiger charge is 2.41. The molecule has 0 radical (unpaired) electrons. The fourth-order valence-corrected chi connectivity index (χ4v) is 7.47. The summed E-state index contributed by atoms with van der Waals surface area (Å²) >= 11 is 0. The van der Waals surface area contributed by atoms with E-state index in [1.54, 1.807) is 13.8 Å². The van der Waals surface area contributed by atoms with Crippen LogP contribution in [-0.4, -0.2) is 59.4 Å². The Morgan fingerprint density at radius 2 is 1.23 bits per heavy atom. The number of allylic oxidation sites excluding steroid dienone is 4. The molecule has 0 aromatic heterocycles. The summed E-state index contributed by atoms with van der Waals surface area (Å²) < 4.78 is 10.7. The van der Waals surface area contributed by atoms with Gasteiger partial charge in [0, 0.05) is 28.8 Å². The van der Waals surface area contributed by atoms with Crippen LogP contribution in [-0.2, 0) is 19.1 Å². The second-order valence-corrected chi connectivity index (χ2v) is 17.1. The molecule has 0 bridgehead atoms. The van der Waals surface area contributed by atoms with Crippen LogP contribution in [0.1, 0.15) is 134 Å². The highest BCUT2D eigenvalue weighted by atomic mass is 16.5. The fourth-order valence-electron chi connectivity index (χ4n) is 7.47. The topological polar surface area (TPSA) is 118 Å². The predicted molar refractivity (Wildman–Crippen MR) is 195 cm³/mol. The zero-order chi connectivity index (χ0) is 36.1. The van der Waals surface area contributed by atoms with Gasteiger partial charge in [-0.25, -0.2) is 9.59 Å². The first-order valence-electron chi connectivity index (χ1n) is 17.9. The van der Waals surface area contributed by atoms with Crippen LogP contribution < -0.4 is 0 Å². The number of carbonyl (C=O) groups excluding carboxylic acids is 2. The van der Waals surface area contributed by atoms with Crippen molar-refractivity contribution in [3.63, 3.8) is 0 Å². The quantitative estimate of drug-likeness (QED) is 0.144. The number of hydrogen-bond acceptors (Lipinski definition) is 8. The summed E-state index contributed by atoms with van der Waals surface area (Å²) in [5, 5.41) is 22.2. The van der Waals surface area contributed by atoms with Gasteiger partial charge in [0.05, 0.1) is 19.3 Å². The summed E-state index contributed by atoms with van der Waals surface area (Å²) in [5.41, 5.74) is 2.85. The molecular weight excluding hydrogens is 604 g/mol. The fraction of sp³-hybridized carbons (Fsp3) is 0.700. The van der Waals surface area contributed by atoms with E-state index in [2.05, 4.69) is 20.8 Å².